The van der Waals surface area contributed by atoms with Gasteiger partial charge in [0, 0.05) is 51.2 Å². The molecule has 1 aliphatic rings. The number of likely N-dealkylation sites (tertiary alicyclic amines) is 1. The molecule has 1 fully saturated rings. The van der Waals surface area contributed by atoms with Gasteiger partial charge in [-0.25, -0.2) is 4.98 Å². The summed E-state index contributed by atoms with van der Waals surface area (Å²) in [7, 11) is 5.66. The first-order valence-electron chi connectivity index (χ1n) is 8.57. The lowest BCUT2D eigenvalue weighted by Gasteiger charge is -2.23. The lowest BCUT2D eigenvalue weighted by molar-refractivity contribution is -0.384. The molecule has 0 radical (unpaired) electrons. The van der Waals surface area contributed by atoms with E-state index in [9.17, 15) is 14.9 Å². The number of nitrogens with zero attached hydrogens (tertiary/aromatic N) is 5. The molecule has 2 aromatic rings. The number of carbonyl (C=O) groups excluding carboxylic acids is 1. The minimum absolute atomic E-state index is 0.0566. The summed E-state index contributed by atoms with van der Waals surface area (Å²) in [5, 5.41) is 11.6. The zero-order valence-electron chi connectivity index (χ0n) is 15.3. The van der Waals surface area contributed by atoms with Crippen LogP contribution >= 0.6 is 0 Å². The molecule has 1 saturated heterocycles. The maximum atomic E-state index is 12.6. The molecule has 0 aliphatic carbocycles. The fourth-order valence-electron chi connectivity index (χ4n) is 3.51. The Morgan fingerprint density at radius 3 is 2.77 bits per heavy atom. The van der Waals surface area contributed by atoms with Crippen LogP contribution in [0.15, 0.2) is 30.6 Å². The largest absolute Gasteiger partial charge is 0.369 e. The Morgan fingerprint density at radius 2 is 2.19 bits per heavy atom. The highest BCUT2D eigenvalue weighted by molar-refractivity contribution is 6.07. The summed E-state index contributed by atoms with van der Waals surface area (Å²) in [6, 6.07) is 4.65. The van der Waals surface area contributed by atoms with Crippen molar-refractivity contribution < 1.29 is 9.72 Å². The Morgan fingerprint density at radius 1 is 1.42 bits per heavy atom. The summed E-state index contributed by atoms with van der Waals surface area (Å²) in [6.45, 7) is 2.80. The Kier molecular flexibility index (Phi) is 5.03. The SMILES string of the molecule is CN1CCC(CN(C)c2ccc(C(=O)c3nccn3C)cc2[N+](=O)[O-])C1. The van der Waals surface area contributed by atoms with Gasteiger partial charge >= 0.3 is 0 Å². The van der Waals surface area contributed by atoms with Gasteiger partial charge in [0.15, 0.2) is 5.82 Å². The number of hydrogen-bond acceptors (Lipinski definition) is 6. The molecule has 138 valence electrons. The van der Waals surface area contributed by atoms with E-state index in [1.54, 1.807) is 29.9 Å². The number of aryl methyl sites for hydroxylation is 1. The molecular weight excluding hydrogens is 334 g/mol. The molecule has 0 saturated carbocycles. The summed E-state index contributed by atoms with van der Waals surface area (Å²) >= 11 is 0. The molecule has 1 aliphatic heterocycles. The molecule has 0 bridgehead atoms. The first-order valence-corrected chi connectivity index (χ1v) is 8.57. The number of hydrogen-bond donors (Lipinski definition) is 0. The number of nitro benzene ring substituents is 1. The Bertz CT molecular complexity index is 832. The number of nitro groups is 1. The second-order valence-electron chi connectivity index (χ2n) is 6.95. The molecule has 1 unspecified atom stereocenters. The maximum Gasteiger partial charge on any atom is 0.293 e. The van der Waals surface area contributed by atoms with Crippen molar-refractivity contribution in [2.75, 3.05) is 38.6 Å². The van der Waals surface area contributed by atoms with Crippen LogP contribution in [-0.2, 0) is 7.05 Å². The number of ketones is 1. The predicted molar refractivity (Wildman–Crippen MR) is 98.6 cm³/mol. The Hall–Kier alpha value is -2.74. The second-order valence-corrected chi connectivity index (χ2v) is 6.95. The van der Waals surface area contributed by atoms with E-state index in [-0.39, 0.29) is 22.9 Å². The first kappa shape index (κ1) is 18.1. The average molecular weight is 357 g/mol. The molecule has 26 heavy (non-hydrogen) atoms. The molecule has 8 nitrogen and oxygen atoms in total. The van der Waals surface area contributed by atoms with Crippen molar-refractivity contribution >= 4 is 17.2 Å². The molecular formula is C18H23N5O3. The van der Waals surface area contributed by atoms with Gasteiger partial charge in [0.05, 0.1) is 4.92 Å². The normalized spacial score (nSPS) is 17.4. The molecule has 0 spiro atoms. The van der Waals surface area contributed by atoms with Crippen molar-refractivity contribution in [1.29, 1.82) is 0 Å². The van der Waals surface area contributed by atoms with E-state index in [1.807, 2.05) is 11.9 Å². The van der Waals surface area contributed by atoms with Crippen molar-refractivity contribution in [3.05, 3.63) is 52.1 Å². The molecule has 1 aromatic heterocycles. The number of rotatable bonds is 6. The Labute approximate surface area is 152 Å². The van der Waals surface area contributed by atoms with Gasteiger partial charge in [-0.2, -0.15) is 0 Å². The molecule has 0 amide bonds. The van der Waals surface area contributed by atoms with E-state index in [1.165, 1.54) is 12.3 Å². The number of imidazole rings is 1. The predicted octanol–water partition coefficient (Wildman–Crippen LogP) is 1.95. The van der Waals surface area contributed by atoms with E-state index in [0.717, 1.165) is 26.1 Å². The van der Waals surface area contributed by atoms with Gasteiger partial charge in [0.25, 0.3) is 5.69 Å². The topological polar surface area (TPSA) is 84.5 Å². The van der Waals surface area contributed by atoms with Gasteiger partial charge < -0.3 is 14.4 Å². The van der Waals surface area contributed by atoms with Gasteiger partial charge in [0.2, 0.25) is 5.78 Å². The number of carbonyl (C=O) groups is 1. The third kappa shape index (κ3) is 3.60. The van der Waals surface area contributed by atoms with Crippen LogP contribution in [0.2, 0.25) is 0 Å². The summed E-state index contributed by atoms with van der Waals surface area (Å²) in [4.78, 5) is 31.9. The van der Waals surface area contributed by atoms with Crippen molar-refractivity contribution in [3.8, 4) is 0 Å². The van der Waals surface area contributed by atoms with E-state index in [2.05, 4.69) is 16.9 Å². The number of aromatic nitrogens is 2. The highest BCUT2D eigenvalue weighted by atomic mass is 16.6. The molecule has 1 atom stereocenters. The number of benzene rings is 1. The van der Waals surface area contributed by atoms with E-state index in [4.69, 9.17) is 0 Å². The third-order valence-electron chi connectivity index (χ3n) is 4.89. The van der Waals surface area contributed by atoms with Crippen LogP contribution in [0, 0.1) is 16.0 Å². The van der Waals surface area contributed by atoms with Gasteiger partial charge in [-0.15, -0.1) is 0 Å². The molecule has 1 aromatic carbocycles. The van der Waals surface area contributed by atoms with E-state index >= 15 is 0 Å². The lowest BCUT2D eigenvalue weighted by Crippen LogP contribution is -2.27. The molecule has 3 rings (SSSR count). The maximum absolute atomic E-state index is 12.6. The summed E-state index contributed by atoms with van der Waals surface area (Å²) < 4.78 is 1.60. The number of anilines is 1. The monoisotopic (exact) mass is 357 g/mol. The van der Waals surface area contributed by atoms with Gasteiger partial charge in [-0.3, -0.25) is 14.9 Å². The van der Waals surface area contributed by atoms with Crippen LogP contribution < -0.4 is 4.90 Å². The van der Waals surface area contributed by atoms with Crippen LogP contribution in [-0.4, -0.2) is 58.9 Å². The van der Waals surface area contributed by atoms with Gasteiger partial charge in [-0.05, 0) is 38.1 Å². The van der Waals surface area contributed by atoms with Gasteiger partial charge in [0.1, 0.15) is 5.69 Å². The van der Waals surface area contributed by atoms with E-state index in [0.29, 0.717) is 11.6 Å². The average Bonchev–Trinajstić information content (AvgIpc) is 3.21. The highest BCUT2D eigenvalue weighted by Gasteiger charge is 2.25. The van der Waals surface area contributed by atoms with E-state index < -0.39 is 4.92 Å². The second kappa shape index (κ2) is 7.25. The highest BCUT2D eigenvalue weighted by Crippen LogP contribution is 2.30. The molecule has 2 heterocycles. The smallest absolute Gasteiger partial charge is 0.293 e. The minimum atomic E-state index is -0.429. The summed E-state index contributed by atoms with van der Waals surface area (Å²) in [5.74, 6) is 0.417. The Balaban J connectivity index is 1.86. The molecule has 8 heteroatoms. The third-order valence-corrected chi connectivity index (χ3v) is 4.89. The fraction of sp³-hybridized carbons (Fsp3) is 0.444. The van der Waals surface area contributed by atoms with Crippen molar-refractivity contribution in [2.45, 2.75) is 6.42 Å². The van der Waals surface area contributed by atoms with Crippen LogP contribution in [0.1, 0.15) is 22.6 Å². The summed E-state index contributed by atoms with van der Waals surface area (Å²) in [6.07, 6.45) is 4.29. The standard InChI is InChI=1S/C18H23N5O3/c1-20-8-6-13(11-20)12-22(3)15-5-4-14(10-16(15)23(25)26)17(24)18-19-7-9-21(18)2/h4-5,7,9-10,13H,6,8,11-12H2,1-3H3. The van der Waals surface area contributed by atoms with Crippen LogP contribution in [0.25, 0.3) is 0 Å². The van der Waals surface area contributed by atoms with Crippen LogP contribution in [0.5, 0.6) is 0 Å². The van der Waals surface area contributed by atoms with Gasteiger partial charge in [-0.1, -0.05) is 0 Å². The molecule has 0 N–H and O–H groups in total. The fourth-order valence-corrected chi connectivity index (χ4v) is 3.51. The lowest BCUT2D eigenvalue weighted by atomic mass is 10.1. The minimum Gasteiger partial charge on any atom is -0.369 e. The van der Waals surface area contributed by atoms with Crippen molar-refractivity contribution in [2.24, 2.45) is 13.0 Å². The van der Waals surface area contributed by atoms with Crippen molar-refractivity contribution in [1.82, 2.24) is 14.5 Å². The first-order chi connectivity index (χ1) is 12.4. The van der Waals surface area contributed by atoms with Crippen LogP contribution in [0.4, 0.5) is 11.4 Å². The zero-order valence-corrected chi connectivity index (χ0v) is 15.3. The zero-order chi connectivity index (χ0) is 18.8. The van der Waals surface area contributed by atoms with Crippen molar-refractivity contribution in [3.63, 3.8) is 0 Å². The quantitative estimate of drug-likeness (QED) is 0.446. The summed E-state index contributed by atoms with van der Waals surface area (Å²) in [5.41, 5.74) is 0.739. The van der Waals surface area contributed by atoms with Crippen LogP contribution in [0.3, 0.4) is 0 Å².